The molecule has 0 fully saturated rings. The van der Waals surface area contributed by atoms with Crippen molar-refractivity contribution in [1.82, 2.24) is 10.2 Å². The lowest BCUT2D eigenvalue weighted by Crippen LogP contribution is -2.05. The van der Waals surface area contributed by atoms with Crippen LogP contribution >= 0.6 is 0 Å². The average Bonchev–Trinajstić information content (AvgIpc) is 2.77. The van der Waals surface area contributed by atoms with Gasteiger partial charge in [0.05, 0.1) is 18.0 Å². The van der Waals surface area contributed by atoms with Crippen molar-refractivity contribution in [3.63, 3.8) is 0 Å². The van der Waals surface area contributed by atoms with Crippen LogP contribution in [-0.4, -0.2) is 16.3 Å². The number of rotatable bonds is 4. The van der Waals surface area contributed by atoms with Crippen LogP contribution in [0.5, 0.6) is 5.75 Å². The molecule has 1 aromatic carbocycles. The number of aromatic amines is 1. The maximum Gasteiger partial charge on any atom is 0.119 e. The molecule has 0 unspecified atom stereocenters. The Morgan fingerprint density at radius 2 is 2.00 bits per heavy atom. The lowest BCUT2D eigenvalue weighted by molar-refractivity contribution is 0.242. The van der Waals surface area contributed by atoms with Crippen molar-refractivity contribution in [2.75, 3.05) is 0 Å². The average molecular weight is 231 g/mol. The summed E-state index contributed by atoms with van der Waals surface area (Å²) in [5, 5.41) is 6.97. The van der Waals surface area contributed by atoms with Crippen LogP contribution in [0.15, 0.2) is 30.5 Å². The molecule has 4 heteroatoms. The van der Waals surface area contributed by atoms with Crippen molar-refractivity contribution in [3.05, 3.63) is 36.0 Å². The lowest BCUT2D eigenvalue weighted by Gasteiger charge is -2.10. The van der Waals surface area contributed by atoms with Gasteiger partial charge in [0.25, 0.3) is 0 Å². The van der Waals surface area contributed by atoms with Crippen LogP contribution in [0.2, 0.25) is 0 Å². The summed E-state index contributed by atoms with van der Waals surface area (Å²) < 4.78 is 5.59. The number of aromatic nitrogens is 2. The van der Waals surface area contributed by atoms with Crippen molar-refractivity contribution in [1.29, 1.82) is 0 Å². The van der Waals surface area contributed by atoms with Crippen molar-refractivity contribution < 1.29 is 4.74 Å². The van der Waals surface area contributed by atoms with Crippen LogP contribution in [0.1, 0.15) is 19.4 Å². The molecular formula is C13H17N3O. The Morgan fingerprint density at radius 3 is 2.59 bits per heavy atom. The first-order valence-corrected chi connectivity index (χ1v) is 5.70. The lowest BCUT2D eigenvalue weighted by atomic mass is 10.1. The van der Waals surface area contributed by atoms with Crippen molar-refractivity contribution >= 4 is 0 Å². The zero-order valence-corrected chi connectivity index (χ0v) is 10.1. The van der Waals surface area contributed by atoms with Crippen LogP contribution in [0.3, 0.4) is 0 Å². The maximum absolute atomic E-state index is 5.64. The monoisotopic (exact) mass is 231 g/mol. The van der Waals surface area contributed by atoms with Crippen molar-refractivity contribution in [2.24, 2.45) is 5.73 Å². The first kappa shape index (κ1) is 11.7. The summed E-state index contributed by atoms with van der Waals surface area (Å²) in [6.07, 6.45) is 1.95. The molecule has 0 radical (unpaired) electrons. The van der Waals surface area contributed by atoms with E-state index >= 15 is 0 Å². The fraction of sp³-hybridized carbons (Fsp3) is 0.308. The summed E-state index contributed by atoms with van der Waals surface area (Å²) in [6, 6.07) is 7.92. The van der Waals surface area contributed by atoms with Crippen molar-refractivity contribution in [2.45, 2.75) is 26.5 Å². The number of ether oxygens (including phenoxy) is 1. The number of hydrogen-bond acceptors (Lipinski definition) is 3. The van der Waals surface area contributed by atoms with E-state index in [1.54, 1.807) is 6.20 Å². The highest BCUT2D eigenvalue weighted by molar-refractivity contribution is 5.63. The Balaban J connectivity index is 2.23. The third-order valence-electron chi connectivity index (χ3n) is 2.45. The fourth-order valence-electron chi connectivity index (χ4n) is 1.69. The van der Waals surface area contributed by atoms with E-state index in [1.807, 2.05) is 38.1 Å². The predicted molar refractivity (Wildman–Crippen MR) is 67.7 cm³/mol. The van der Waals surface area contributed by atoms with Gasteiger partial charge in [0.2, 0.25) is 0 Å². The van der Waals surface area contributed by atoms with Gasteiger partial charge < -0.3 is 10.5 Å². The molecule has 0 aliphatic carbocycles. The highest BCUT2D eigenvalue weighted by Crippen LogP contribution is 2.23. The molecule has 0 amide bonds. The van der Waals surface area contributed by atoms with E-state index in [4.69, 9.17) is 10.5 Å². The van der Waals surface area contributed by atoms with Gasteiger partial charge in [-0.05, 0) is 38.1 Å². The second-order valence-electron chi connectivity index (χ2n) is 4.17. The molecule has 0 saturated heterocycles. The van der Waals surface area contributed by atoms with E-state index in [2.05, 4.69) is 10.2 Å². The van der Waals surface area contributed by atoms with Crippen molar-refractivity contribution in [3.8, 4) is 17.0 Å². The minimum Gasteiger partial charge on any atom is -0.491 e. The smallest absolute Gasteiger partial charge is 0.119 e. The summed E-state index contributed by atoms with van der Waals surface area (Å²) >= 11 is 0. The Kier molecular flexibility index (Phi) is 3.44. The minimum atomic E-state index is 0.188. The predicted octanol–water partition coefficient (Wildman–Crippen LogP) is 2.32. The SMILES string of the molecule is CC(C)Oc1ccc(-c2[nH]ncc2CN)cc1. The zero-order valence-electron chi connectivity index (χ0n) is 10.1. The molecule has 0 aliphatic rings. The molecule has 3 N–H and O–H groups in total. The van der Waals surface area contributed by atoms with E-state index in [9.17, 15) is 0 Å². The van der Waals surface area contributed by atoms with Crippen LogP contribution < -0.4 is 10.5 Å². The molecule has 90 valence electrons. The number of H-pyrrole nitrogens is 1. The van der Waals surface area contributed by atoms with E-state index in [0.29, 0.717) is 6.54 Å². The van der Waals surface area contributed by atoms with Gasteiger partial charge in [0, 0.05) is 17.7 Å². The summed E-state index contributed by atoms with van der Waals surface area (Å²) in [5.41, 5.74) is 8.70. The molecule has 0 aliphatic heterocycles. The molecule has 0 saturated carbocycles. The number of nitrogens with one attached hydrogen (secondary N) is 1. The number of hydrogen-bond donors (Lipinski definition) is 2. The number of benzene rings is 1. The fourth-order valence-corrected chi connectivity index (χ4v) is 1.69. The second kappa shape index (κ2) is 5.01. The zero-order chi connectivity index (χ0) is 12.3. The summed E-state index contributed by atoms with van der Waals surface area (Å²) in [7, 11) is 0. The molecule has 0 atom stereocenters. The highest BCUT2D eigenvalue weighted by atomic mass is 16.5. The Labute approximate surface area is 101 Å². The van der Waals surface area contributed by atoms with Gasteiger partial charge >= 0.3 is 0 Å². The van der Waals surface area contributed by atoms with Crippen LogP contribution in [0, 0.1) is 0 Å². The van der Waals surface area contributed by atoms with Gasteiger partial charge in [-0.2, -0.15) is 5.10 Å². The third kappa shape index (κ3) is 2.65. The van der Waals surface area contributed by atoms with Gasteiger partial charge in [-0.25, -0.2) is 0 Å². The molecule has 17 heavy (non-hydrogen) atoms. The first-order chi connectivity index (χ1) is 8.20. The second-order valence-corrected chi connectivity index (χ2v) is 4.17. The summed E-state index contributed by atoms with van der Waals surface area (Å²) in [6.45, 7) is 4.50. The molecule has 0 spiro atoms. The standard InChI is InChI=1S/C13H17N3O/c1-9(2)17-12-5-3-10(4-6-12)13-11(7-14)8-15-16-13/h3-6,8-9H,7,14H2,1-2H3,(H,15,16). The molecule has 2 rings (SSSR count). The largest absolute Gasteiger partial charge is 0.491 e. The van der Waals surface area contributed by atoms with Crippen LogP contribution in [0.4, 0.5) is 0 Å². The molecule has 1 heterocycles. The minimum absolute atomic E-state index is 0.188. The van der Waals surface area contributed by atoms with Gasteiger partial charge in [-0.15, -0.1) is 0 Å². The molecule has 4 nitrogen and oxygen atoms in total. The summed E-state index contributed by atoms with van der Waals surface area (Å²) in [4.78, 5) is 0. The van der Waals surface area contributed by atoms with E-state index in [0.717, 1.165) is 22.6 Å². The first-order valence-electron chi connectivity index (χ1n) is 5.70. The topological polar surface area (TPSA) is 63.9 Å². The van der Waals surface area contributed by atoms with E-state index in [-0.39, 0.29) is 6.10 Å². The summed E-state index contributed by atoms with van der Waals surface area (Å²) in [5.74, 6) is 0.873. The molecule has 2 aromatic rings. The molecule has 0 bridgehead atoms. The Hall–Kier alpha value is -1.81. The number of nitrogens with two attached hydrogens (primary N) is 1. The van der Waals surface area contributed by atoms with Gasteiger partial charge in [-0.1, -0.05) is 0 Å². The van der Waals surface area contributed by atoms with Gasteiger partial charge in [0.1, 0.15) is 5.75 Å². The van der Waals surface area contributed by atoms with E-state index in [1.165, 1.54) is 0 Å². The van der Waals surface area contributed by atoms with Crippen LogP contribution in [0.25, 0.3) is 11.3 Å². The highest BCUT2D eigenvalue weighted by Gasteiger charge is 2.06. The quantitative estimate of drug-likeness (QED) is 0.848. The van der Waals surface area contributed by atoms with Crippen LogP contribution in [-0.2, 0) is 6.54 Å². The Bertz CT molecular complexity index is 474. The van der Waals surface area contributed by atoms with Gasteiger partial charge in [-0.3, -0.25) is 5.10 Å². The molecular weight excluding hydrogens is 214 g/mol. The maximum atomic E-state index is 5.64. The molecule has 1 aromatic heterocycles. The van der Waals surface area contributed by atoms with E-state index < -0.39 is 0 Å². The van der Waals surface area contributed by atoms with Gasteiger partial charge in [0.15, 0.2) is 0 Å². The normalized spacial score (nSPS) is 10.8. The number of nitrogens with zero attached hydrogens (tertiary/aromatic N) is 1. The Morgan fingerprint density at radius 1 is 1.29 bits per heavy atom. The third-order valence-corrected chi connectivity index (χ3v) is 2.45.